The lowest BCUT2D eigenvalue weighted by Crippen LogP contribution is -2.28. The Morgan fingerprint density at radius 1 is 1.40 bits per heavy atom. The third-order valence-electron chi connectivity index (χ3n) is 3.99. The molecule has 1 saturated carbocycles. The first-order valence-corrected chi connectivity index (χ1v) is 8.76. The molecule has 1 aromatic rings. The van der Waals surface area contributed by atoms with Crippen LogP contribution in [0.15, 0.2) is 17.3 Å². The third-order valence-corrected chi connectivity index (χ3v) is 5.80. The van der Waals surface area contributed by atoms with Gasteiger partial charge in [0.1, 0.15) is 4.90 Å². The lowest BCUT2D eigenvalue weighted by atomic mass is 10.2. The Labute approximate surface area is 120 Å². The van der Waals surface area contributed by atoms with Gasteiger partial charge >= 0.3 is 0 Å². The highest BCUT2D eigenvalue weighted by Crippen LogP contribution is 2.23. The predicted octanol–water partition coefficient (Wildman–Crippen LogP) is 0.666. The SMILES string of the molecule is CC1CCN(S(=O)(=O)c2cnn(CCNC3CC3)c2)C1. The van der Waals surface area contributed by atoms with Crippen molar-refractivity contribution in [1.29, 1.82) is 0 Å². The summed E-state index contributed by atoms with van der Waals surface area (Å²) in [6.45, 7) is 4.88. The molecule has 1 saturated heterocycles. The van der Waals surface area contributed by atoms with E-state index in [1.807, 2.05) is 0 Å². The van der Waals surface area contributed by atoms with E-state index in [9.17, 15) is 8.42 Å². The molecule has 1 unspecified atom stereocenters. The normalized spacial score (nSPS) is 24.4. The molecule has 1 aliphatic heterocycles. The van der Waals surface area contributed by atoms with Gasteiger partial charge in [0.2, 0.25) is 10.0 Å². The number of hydrogen-bond acceptors (Lipinski definition) is 4. The molecule has 0 amide bonds. The second kappa shape index (κ2) is 5.46. The molecule has 3 rings (SSSR count). The van der Waals surface area contributed by atoms with Gasteiger partial charge in [0.25, 0.3) is 0 Å². The number of rotatable bonds is 6. The van der Waals surface area contributed by atoms with Crippen molar-refractivity contribution in [1.82, 2.24) is 19.4 Å². The van der Waals surface area contributed by atoms with Gasteiger partial charge < -0.3 is 5.32 Å². The van der Waals surface area contributed by atoms with Crippen LogP contribution in [0.3, 0.4) is 0 Å². The molecule has 112 valence electrons. The summed E-state index contributed by atoms with van der Waals surface area (Å²) in [5.41, 5.74) is 0. The predicted molar refractivity (Wildman–Crippen MR) is 75.8 cm³/mol. The smallest absolute Gasteiger partial charge is 0.246 e. The van der Waals surface area contributed by atoms with E-state index in [1.165, 1.54) is 19.0 Å². The van der Waals surface area contributed by atoms with Crippen LogP contribution >= 0.6 is 0 Å². The van der Waals surface area contributed by atoms with Crippen LogP contribution < -0.4 is 5.32 Å². The molecule has 0 aromatic carbocycles. The van der Waals surface area contributed by atoms with E-state index in [1.54, 1.807) is 15.2 Å². The van der Waals surface area contributed by atoms with Crippen molar-refractivity contribution in [3.05, 3.63) is 12.4 Å². The molecule has 20 heavy (non-hydrogen) atoms. The summed E-state index contributed by atoms with van der Waals surface area (Å²) >= 11 is 0. The monoisotopic (exact) mass is 298 g/mol. The van der Waals surface area contributed by atoms with Gasteiger partial charge in [-0.15, -0.1) is 0 Å². The molecule has 0 spiro atoms. The number of sulfonamides is 1. The highest BCUT2D eigenvalue weighted by atomic mass is 32.2. The zero-order chi connectivity index (χ0) is 14.2. The molecule has 1 aromatic heterocycles. The summed E-state index contributed by atoms with van der Waals surface area (Å²) in [5.74, 6) is 0.447. The molecule has 2 aliphatic rings. The summed E-state index contributed by atoms with van der Waals surface area (Å²) in [4.78, 5) is 0.318. The highest BCUT2D eigenvalue weighted by molar-refractivity contribution is 7.89. The largest absolute Gasteiger partial charge is 0.312 e. The highest BCUT2D eigenvalue weighted by Gasteiger charge is 2.31. The average molecular weight is 298 g/mol. The Hall–Kier alpha value is -0.920. The van der Waals surface area contributed by atoms with Gasteiger partial charge in [-0.2, -0.15) is 9.40 Å². The van der Waals surface area contributed by atoms with Crippen LogP contribution in [0.5, 0.6) is 0 Å². The maximum atomic E-state index is 12.4. The van der Waals surface area contributed by atoms with E-state index in [4.69, 9.17) is 0 Å². The van der Waals surface area contributed by atoms with Gasteiger partial charge in [0, 0.05) is 31.9 Å². The summed E-state index contributed by atoms with van der Waals surface area (Å²) in [7, 11) is -3.35. The van der Waals surface area contributed by atoms with Gasteiger partial charge in [0.15, 0.2) is 0 Å². The van der Waals surface area contributed by atoms with Crippen LogP contribution in [0.4, 0.5) is 0 Å². The van der Waals surface area contributed by atoms with Crippen LogP contribution in [0.2, 0.25) is 0 Å². The van der Waals surface area contributed by atoms with Gasteiger partial charge in [-0.25, -0.2) is 8.42 Å². The van der Waals surface area contributed by atoms with Crippen molar-refractivity contribution in [3.8, 4) is 0 Å². The minimum atomic E-state index is -3.35. The first-order valence-electron chi connectivity index (χ1n) is 7.32. The third kappa shape index (κ3) is 3.05. The van der Waals surface area contributed by atoms with Crippen LogP contribution in [-0.2, 0) is 16.6 Å². The Balaban J connectivity index is 1.62. The van der Waals surface area contributed by atoms with Crippen LogP contribution in [-0.4, -0.2) is 48.2 Å². The van der Waals surface area contributed by atoms with E-state index in [2.05, 4.69) is 17.3 Å². The van der Waals surface area contributed by atoms with Crippen LogP contribution in [0.25, 0.3) is 0 Å². The van der Waals surface area contributed by atoms with Crippen molar-refractivity contribution < 1.29 is 8.42 Å². The summed E-state index contributed by atoms with van der Waals surface area (Å²) in [5, 5.41) is 7.55. The molecule has 0 radical (unpaired) electrons. The second-order valence-electron chi connectivity index (χ2n) is 5.92. The standard InChI is InChI=1S/C13H22N4O2S/c1-11-4-6-17(9-11)20(18,19)13-8-15-16(10-13)7-5-14-12-2-3-12/h8,10-12,14H,2-7,9H2,1H3. The molecule has 7 heteroatoms. The van der Waals surface area contributed by atoms with Crippen molar-refractivity contribution in [2.75, 3.05) is 19.6 Å². The minimum Gasteiger partial charge on any atom is -0.312 e. The number of nitrogens with one attached hydrogen (secondary N) is 1. The molecular weight excluding hydrogens is 276 g/mol. The van der Waals surface area contributed by atoms with E-state index in [0.29, 0.717) is 36.5 Å². The molecule has 1 atom stereocenters. The number of nitrogens with zero attached hydrogens (tertiary/aromatic N) is 3. The summed E-state index contributed by atoms with van der Waals surface area (Å²) in [6.07, 6.45) is 6.57. The first-order chi connectivity index (χ1) is 9.55. The Morgan fingerprint density at radius 2 is 2.20 bits per heavy atom. The first kappa shape index (κ1) is 14.0. The number of aromatic nitrogens is 2. The van der Waals surface area contributed by atoms with Crippen LogP contribution in [0.1, 0.15) is 26.2 Å². The van der Waals surface area contributed by atoms with Crippen molar-refractivity contribution in [3.63, 3.8) is 0 Å². The van der Waals surface area contributed by atoms with E-state index in [-0.39, 0.29) is 0 Å². The molecule has 6 nitrogen and oxygen atoms in total. The van der Waals surface area contributed by atoms with Crippen molar-refractivity contribution >= 4 is 10.0 Å². The van der Waals surface area contributed by atoms with E-state index < -0.39 is 10.0 Å². The maximum Gasteiger partial charge on any atom is 0.246 e. The molecule has 1 aliphatic carbocycles. The molecular formula is C13H22N4O2S. The zero-order valence-electron chi connectivity index (χ0n) is 11.8. The number of hydrogen-bond donors (Lipinski definition) is 1. The topological polar surface area (TPSA) is 67.2 Å². The summed E-state index contributed by atoms with van der Waals surface area (Å²) < 4.78 is 28.2. The average Bonchev–Trinajstić information content (AvgIpc) is 2.90. The zero-order valence-corrected chi connectivity index (χ0v) is 12.6. The fourth-order valence-corrected chi connectivity index (χ4v) is 4.06. The Morgan fingerprint density at radius 3 is 2.85 bits per heavy atom. The van der Waals surface area contributed by atoms with Gasteiger partial charge in [0.05, 0.1) is 12.7 Å². The fraction of sp³-hybridized carbons (Fsp3) is 0.769. The second-order valence-corrected chi connectivity index (χ2v) is 7.86. The molecule has 0 bridgehead atoms. The van der Waals surface area contributed by atoms with Gasteiger partial charge in [-0.05, 0) is 25.2 Å². The van der Waals surface area contributed by atoms with E-state index in [0.717, 1.165) is 13.0 Å². The Bertz CT molecular complexity index is 565. The Kier molecular flexibility index (Phi) is 3.83. The van der Waals surface area contributed by atoms with Gasteiger partial charge in [-0.1, -0.05) is 6.92 Å². The van der Waals surface area contributed by atoms with Gasteiger partial charge in [-0.3, -0.25) is 4.68 Å². The lowest BCUT2D eigenvalue weighted by molar-refractivity contribution is 0.464. The van der Waals surface area contributed by atoms with Crippen molar-refractivity contribution in [2.45, 2.75) is 43.7 Å². The molecule has 2 heterocycles. The quantitative estimate of drug-likeness (QED) is 0.838. The summed E-state index contributed by atoms with van der Waals surface area (Å²) in [6, 6.07) is 0.667. The van der Waals surface area contributed by atoms with Crippen LogP contribution in [0, 0.1) is 5.92 Å². The molecule has 2 fully saturated rings. The minimum absolute atomic E-state index is 0.318. The maximum absolute atomic E-state index is 12.4. The van der Waals surface area contributed by atoms with E-state index >= 15 is 0 Å². The lowest BCUT2D eigenvalue weighted by Gasteiger charge is -2.14. The molecule has 1 N–H and O–H groups in total. The fourth-order valence-electron chi connectivity index (χ4n) is 2.53. The van der Waals surface area contributed by atoms with Crippen molar-refractivity contribution in [2.24, 2.45) is 5.92 Å².